The van der Waals surface area contributed by atoms with Crippen LogP contribution in [0.5, 0.6) is 0 Å². The second-order valence-corrected chi connectivity index (χ2v) is 3.98. The molecule has 0 amide bonds. The average Bonchev–Trinajstić information content (AvgIpc) is 2.54. The molecule has 1 aromatic heterocycles. The lowest BCUT2D eigenvalue weighted by Crippen LogP contribution is -2.34. The zero-order valence-corrected chi connectivity index (χ0v) is 7.95. The van der Waals surface area contributed by atoms with Gasteiger partial charge in [0.05, 0.1) is 17.4 Å². The molecular weight excluding hydrogens is 162 g/mol. The van der Waals surface area contributed by atoms with Crippen molar-refractivity contribution in [1.82, 2.24) is 10.2 Å². The number of hydrogen-bond donors (Lipinski definition) is 1. The van der Waals surface area contributed by atoms with Gasteiger partial charge in [-0.25, -0.2) is 0 Å². The molecule has 0 aliphatic heterocycles. The van der Waals surface area contributed by atoms with Crippen LogP contribution in [0.15, 0.2) is 12.3 Å². The summed E-state index contributed by atoms with van der Waals surface area (Å²) in [4.78, 5) is 0. The van der Waals surface area contributed by atoms with Crippen LogP contribution in [0.1, 0.15) is 36.9 Å². The topological polar surface area (TPSA) is 51.8 Å². The Labute approximate surface area is 78.4 Å². The SMILES string of the molecule is Cc1cnnc(C2(N)CCCC2)c1. The molecule has 0 radical (unpaired) electrons. The van der Waals surface area contributed by atoms with Crippen molar-refractivity contribution in [3.63, 3.8) is 0 Å². The van der Waals surface area contributed by atoms with Gasteiger partial charge in [0, 0.05) is 0 Å². The molecule has 0 spiro atoms. The summed E-state index contributed by atoms with van der Waals surface area (Å²) >= 11 is 0. The minimum absolute atomic E-state index is 0.195. The minimum atomic E-state index is -0.195. The molecule has 70 valence electrons. The first kappa shape index (κ1) is 8.63. The highest BCUT2D eigenvalue weighted by Crippen LogP contribution is 2.34. The van der Waals surface area contributed by atoms with Gasteiger partial charge in [0.25, 0.3) is 0 Å². The lowest BCUT2D eigenvalue weighted by atomic mass is 9.94. The van der Waals surface area contributed by atoms with Crippen LogP contribution in [0.2, 0.25) is 0 Å². The summed E-state index contributed by atoms with van der Waals surface area (Å²) in [5.74, 6) is 0. The van der Waals surface area contributed by atoms with E-state index in [4.69, 9.17) is 5.73 Å². The summed E-state index contributed by atoms with van der Waals surface area (Å²) < 4.78 is 0. The predicted molar refractivity (Wildman–Crippen MR) is 51.1 cm³/mol. The van der Waals surface area contributed by atoms with Crippen molar-refractivity contribution in [2.75, 3.05) is 0 Å². The van der Waals surface area contributed by atoms with Crippen molar-refractivity contribution in [3.05, 3.63) is 23.5 Å². The fraction of sp³-hybridized carbons (Fsp3) is 0.600. The second kappa shape index (κ2) is 3.07. The van der Waals surface area contributed by atoms with Gasteiger partial charge >= 0.3 is 0 Å². The smallest absolute Gasteiger partial charge is 0.0832 e. The van der Waals surface area contributed by atoms with Gasteiger partial charge in [-0.1, -0.05) is 12.8 Å². The van der Waals surface area contributed by atoms with Crippen LogP contribution in [0.25, 0.3) is 0 Å². The highest BCUT2D eigenvalue weighted by Gasteiger charge is 2.32. The molecule has 1 aromatic rings. The van der Waals surface area contributed by atoms with Gasteiger partial charge in [0.2, 0.25) is 0 Å². The molecule has 0 saturated heterocycles. The highest BCUT2D eigenvalue weighted by atomic mass is 15.1. The Morgan fingerprint density at radius 1 is 1.38 bits per heavy atom. The Hall–Kier alpha value is -0.960. The Balaban J connectivity index is 2.33. The molecule has 1 saturated carbocycles. The van der Waals surface area contributed by atoms with E-state index in [1.54, 1.807) is 6.20 Å². The van der Waals surface area contributed by atoms with E-state index in [1.807, 2.05) is 6.92 Å². The molecule has 1 aliphatic rings. The van der Waals surface area contributed by atoms with Crippen molar-refractivity contribution >= 4 is 0 Å². The van der Waals surface area contributed by atoms with Gasteiger partial charge in [0.15, 0.2) is 0 Å². The fourth-order valence-electron chi connectivity index (χ4n) is 1.97. The molecule has 0 aromatic carbocycles. The van der Waals surface area contributed by atoms with Gasteiger partial charge in [0.1, 0.15) is 0 Å². The Bertz CT molecular complexity index is 303. The summed E-state index contributed by atoms with van der Waals surface area (Å²) in [6.07, 6.45) is 6.29. The third-order valence-electron chi connectivity index (χ3n) is 2.80. The molecule has 2 N–H and O–H groups in total. The lowest BCUT2D eigenvalue weighted by Gasteiger charge is -2.21. The number of nitrogens with zero attached hydrogens (tertiary/aromatic N) is 2. The van der Waals surface area contributed by atoms with Gasteiger partial charge in [-0.15, -0.1) is 0 Å². The van der Waals surface area contributed by atoms with Crippen LogP contribution in [0.3, 0.4) is 0 Å². The summed E-state index contributed by atoms with van der Waals surface area (Å²) in [6.45, 7) is 2.02. The number of rotatable bonds is 1. The van der Waals surface area contributed by atoms with E-state index in [0.29, 0.717) is 0 Å². The first-order valence-corrected chi connectivity index (χ1v) is 4.79. The highest BCUT2D eigenvalue weighted by molar-refractivity contribution is 5.19. The number of aryl methyl sites for hydroxylation is 1. The van der Waals surface area contributed by atoms with E-state index < -0.39 is 0 Å². The average molecular weight is 177 g/mol. The lowest BCUT2D eigenvalue weighted by molar-refractivity contribution is 0.441. The molecule has 0 atom stereocenters. The van der Waals surface area contributed by atoms with Gasteiger partial charge in [-0.2, -0.15) is 10.2 Å². The number of nitrogens with two attached hydrogens (primary N) is 1. The van der Waals surface area contributed by atoms with Crippen molar-refractivity contribution in [2.24, 2.45) is 5.73 Å². The van der Waals surface area contributed by atoms with Crippen molar-refractivity contribution in [2.45, 2.75) is 38.1 Å². The number of aromatic nitrogens is 2. The molecule has 0 bridgehead atoms. The monoisotopic (exact) mass is 177 g/mol. The quantitative estimate of drug-likeness (QED) is 0.707. The summed E-state index contributed by atoms with van der Waals surface area (Å²) in [6, 6.07) is 2.05. The minimum Gasteiger partial charge on any atom is -0.320 e. The van der Waals surface area contributed by atoms with Crippen molar-refractivity contribution in [1.29, 1.82) is 0 Å². The predicted octanol–water partition coefficient (Wildman–Crippen LogP) is 1.51. The summed E-state index contributed by atoms with van der Waals surface area (Å²) in [5.41, 5.74) is 8.15. The third kappa shape index (κ3) is 1.56. The van der Waals surface area contributed by atoms with Gasteiger partial charge < -0.3 is 5.73 Å². The van der Waals surface area contributed by atoms with E-state index in [2.05, 4.69) is 16.3 Å². The fourth-order valence-corrected chi connectivity index (χ4v) is 1.97. The first-order chi connectivity index (χ1) is 6.21. The van der Waals surface area contributed by atoms with Crippen LogP contribution >= 0.6 is 0 Å². The largest absolute Gasteiger partial charge is 0.320 e. The molecule has 1 aliphatic carbocycles. The van der Waals surface area contributed by atoms with E-state index in [0.717, 1.165) is 24.1 Å². The first-order valence-electron chi connectivity index (χ1n) is 4.79. The maximum Gasteiger partial charge on any atom is 0.0832 e. The standard InChI is InChI=1S/C10H15N3/c1-8-6-9(13-12-7-8)10(11)4-2-3-5-10/h6-7H,2-5,11H2,1H3. The molecule has 3 nitrogen and oxygen atoms in total. The Morgan fingerprint density at radius 2 is 2.08 bits per heavy atom. The molecule has 1 heterocycles. The third-order valence-corrected chi connectivity index (χ3v) is 2.80. The maximum atomic E-state index is 6.25. The van der Waals surface area contributed by atoms with E-state index >= 15 is 0 Å². The van der Waals surface area contributed by atoms with Gasteiger partial charge in [-0.05, 0) is 31.4 Å². The van der Waals surface area contributed by atoms with Crippen LogP contribution in [0, 0.1) is 6.92 Å². The summed E-state index contributed by atoms with van der Waals surface area (Å²) in [7, 11) is 0. The molecule has 2 rings (SSSR count). The maximum absolute atomic E-state index is 6.25. The molecule has 1 fully saturated rings. The molecule has 13 heavy (non-hydrogen) atoms. The molecule has 0 unspecified atom stereocenters. The van der Waals surface area contributed by atoms with E-state index in [9.17, 15) is 0 Å². The zero-order chi connectivity index (χ0) is 9.31. The van der Waals surface area contributed by atoms with E-state index in [-0.39, 0.29) is 5.54 Å². The Morgan fingerprint density at radius 3 is 2.69 bits per heavy atom. The van der Waals surface area contributed by atoms with Crippen molar-refractivity contribution in [3.8, 4) is 0 Å². The zero-order valence-electron chi connectivity index (χ0n) is 7.95. The van der Waals surface area contributed by atoms with Crippen LogP contribution < -0.4 is 5.73 Å². The summed E-state index contributed by atoms with van der Waals surface area (Å²) in [5, 5.41) is 8.06. The molecule has 3 heteroatoms. The van der Waals surface area contributed by atoms with Crippen molar-refractivity contribution < 1.29 is 0 Å². The van der Waals surface area contributed by atoms with Crippen LogP contribution in [-0.2, 0) is 5.54 Å². The number of hydrogen-bond acceptors (Lipinski definition) is 3. The second-order valence-electron chi connectivity index (χ2n) is 3.98. The van der Waals surface area contributed by atoms with Crippen LogP contribution in [-0.4, -0.2) is 10.2 Å². The molecular formula is C10H15N3. The van der Waals surface area contributed by atoms with E-state index in [1.165, 1.54) is 12.8 Å². The normalized spacial score (nSPS) is 20.5. The Kier molecular flexibility index (Phi) is 2.04. The van der Waals surface area contributed by atoms with Gasteiger partial charge in [-0.3, -0.25) is 0 Å². The van der Waals surface area contributed by atoms with Crippen LogP contribution in [0.4, 0.5) is 0 Å².